The molecule has 3 heterocycles. The molecule has 42 heavy (non-hydrogen) atoms. The van der Waals surface area contributed by atoms with Crippen molar-refractivity contribution in [1.29, 1.82) is 0 Å². The van der Waals surface area contributed by atoms with E-state index >= 15 is 0 Å². The molecule has 15 heteroatoms. The molecule has 0 saturated heterocycles. The van der Waals surface area contributed by atoms with Crippen molar-refractivity contribution < 1.29 is 26.9 Å². The van der Waals surface area contributed by atoms with Crippen molar-refractivity contribution in [3.8, 4) is 11.5 Å². The molecule has 224 valence electrons. The Morgan fingerprint density at radius 1 is 1.19 bits per heavy atom. The van der Waals surface area contributed by atoms with E-state index in [4.69, 9.17) is 15.0 Å². The molecular weight excluding hydrogens is 585 g/mol. The number of ether oxygens (including phenoxy) is 1. The number of amides is 1. The van der Waals surface area contributed by atoms with Crippen molar-refractivity contribution in [2.24, 2.45) is 5.73 Å². The summed E-state index contributed by atoms with van der Waals surface area (Å²) < 4.78 is 53.7. The van der Waals surface area contributed by atoms with Gasteiger partial charge in [-0.1, -0.05) is 13.5 Å². The first-order valence-electron chi connectivity index (χ1n) is 12.2. The van der Waals surface area contributed by atoms with Gasteiger partial charge in [0.25, 0.3) is 10.1 Å². The number of carbonyl (C=O) groups excluding carboxylic acids is 1. The number of nitrogens with one attached hydrogen (secondary N) is 2. The Balaban J connectivity index is 0.000000745. The predicted molar refractivity (Wildman–Crippen MR) is 162 cm³/mol. The molecule has 0 aliphatic carbocycles. The first-order chi connectivity index (χ1) is 19.3. The van der Waals surface area contributed by atoms with Crippen LogP contribution in [-0.4, -0.2) is 56.1 Å². The number of benzene rings is 2. The SMILES string of the molecule is C.CC(C)(N)C(=O)NCCn1ccc2ncnc(Nc3ccc(Oc4cccc5sncc45)c(F)c3)c21.CS(=O)(=O)O. The van der Waals surface area contributed by atoms with E-state index in [9.17, 15) is 17.6 Å². The second kappa shape index (κ2) is 13.2. The van der Waals surface area contributed by atoms with Gasteiger partial charge in [-0.15, -0.1) is 0 Å². The zero-order valence-electron chi connectivity index (χ0n) is 22.3. The lowest BCUT2D eigenvalue weighted by Crippen LogP contribution is -2.49. The monoisotopic (exact) mass is 617 g/mol. The molecule has 2 aromatic carbocycles. The van der Waals surface area contributed by atoms with Crippen LogP contribution in [0.15, 0.2) is 61.2 Å². The number of aromatic nitrogens is 4. The molecule has 0 atom stereocenters. The van der Waals surface area contributed by atoms with Crippen molar-refractivity contribution in [1.82, 2.24) is 24.2 Å². The van der Waals surface area contributed by atoms with Crippen LogP contribution >= 0.6 is 11.5 Å². The maximum absolute atomic E-state index is 15.0. The standard InChI is InChI=1S/C25H24FN7O2S.CH4O3S.CH4/c1-25(2,27)24(34)28-9-11-33-10-8-18-22(33)23(30-14-29-18)32-15-6-7-20(17(26)12-15)35-19-4-3-5-21-16(19)13-31-36-21;1-5(2,3)4;/h3-8,10,12-14H,9,11,27H2,1-2H3,(H,28,34)(H,29,30,32);1H3,(H,2,3,4);1H4. The maximum Gasteiger partial charge on any atom is 0.261 e. The molecule has 1 amide bonds. The third-order valence-corrected chi connectivity index (χ3v) is 6.31. The van der Waals surface area contributed by atoms with E-state index in [1.54, 1.807) is 38.2 Å². The molecule has 0 unspecified atom stereocenters. The van der Waals surface area contributed by atoms with Gasteiger partial charge in [-0.2, -0.15) is 12.8 Å². The van der Waals surface area contributed by atoms with Crippen LogP contribution in [0.3, 0.4) is 0 Å². The second-order valence-corrected chi connectivity index (χ2v) is 11.8. The molecule has 0 saturated carbocycles. The van der Waals surface area contributed by atoms with Crippen molar-refractivity contribution in [2.45, 2.75) is 33.4 Å². The lowest BCUT2D eigenvalue weighted by molar-refractivity contribution is -0.125. The summed E-state index contributed by atoms with van der Waals surface area (Å²) in [5, 5.41) is 6.83. The minimum atomic E-state index is -3.67. The Labute approximate surface area is 246 Å². The number of rotatable bonds is 8. The van der Waals surface area contributed by atoms with E-state index < -0.39 is 21.5 Å². The third kappa shape index (κ3) is 8.42. The molecule has 0 radical (unpaired) electrons. The molecule has 0 aliphatic heterocycles. The van der Waals surface area contributed by atoms with E-state index in [1.807, 2.05) is 29.0 Å². The minimum absolute atomic E-state index is 0. The Morgan fingerprint density at radius 3 is 2.62 bits per heavy atom. The number of nitrogens with zero attached hydrogens (tertiary/aromatic N) is 4. The highest BCUT2D eigenvalue weighted by Gasteiger charge is 2.21. The molecule has 0 fully saturated rings. The molecule has 0 aliphatic rings. The first kappa shape index (κ1) is 32.3. The van der Waals surface area contributed by atoms with Crippen LogP contribution in [0.5, 0.6) is 11.5 Å². The Morgan fingerprint density at radius 2 is 1.93 bits per heavy atom. The smallest absolute Gasteiger partial charge is 0.261 e. The maximum atomic E-state index is 15.0. The van der Waals surface area contributed by atoms with E-state index in [0.717, 1.165) is 21.1 Å². The van der Waals surface area contributed by atoms with E-state index in [1.165, 1.54) is 23.9 Å². The van der Waals surface area contributed by atoms with Gasteiger partial charge in [0.1, 0.15) is 17.6 Å². The van der Waals surface area contributed by atoms with Crippen LogP contribution in [-0.2, 0) is 21.5 Å². The summed E-state index contributed by atoms with van der Waals surface area (Å²) in [6.07, 6.45) is 5.73. The summed E-state index contributed by atoms with van der Waals surface area (Å²) in [6.45, 7) is 4.17. The molecule has 12 nitrogen and oxygen atoms in total. The summed E-state index contributed by atoms with van der Waals surface area (Å²) in [7, 11) is -3.67. The average molecular weight is 618 g/mol. The average Bonchev–Trinajstić information content (AvgIpc) is 3.52. The molecular formula is C27H32FN7O5S2. The number of halogens is 1. The largest absolute Gasteiger partial charge is 0.454 e. The topological polar surface area (TPSA) is 174 Å². The summed E-state index contributed by atoms with van der Waals surface area (Å²) >= 11 is 1.36. The van der Waals surface area contributed by atoms with E-state index in [2.05, 4.69) is 25.0 Å². The Bertz CT molecular complexity index is 1790. The summed E-state index contributed by atoms with van der Waals surface area (Å²) in [4.78, 5) is 20.7. The van der Waals surface area contributed by atoms with Gasteiger partial charge in [0.05, 0.1) is 33.6 Å². The number of anilines is 2. The lowest BCUT2D eigenvalue weighted by Gasteiger charge is -2.18. The highest BCUT2D eigenvalue weighted by Crippen LogP contribution is 2.34. The first-order valence-corrected chi connectivity index (χ1v) is 14.8. The van der Waals surface area contributed by atoms with Gasteiger partial charge >= 0.3 is 0 Å². The number of carbonyl (C=O) groups is 1. The van der Waals surface area contributed by atoms with Crippen LogP contribution in [0.2, 0.25) is 0 Å². The van der Waals surface area contributed by atoms with Gasteiger partial charge in [-0.25, -0.2) is 14.4 Å². The van der Waals surface area contributed by atoms with Crippen molar-refractivity contribution in [2.75, 3.05) is 18.1 Å². The fraction of sp³-hybridized carbons (Fsp3) is 0.259. The summed E-state index contributed by atoms with van der Waals surface area (Å²) in [6, 6.07) is 12.1. The molecule has 5 aromatic rings. The highest BCUT2D eigenvalue weighted by molar-refractivity contribution is 7.85. The molecule has 5 N–H and O–H groups in total. The fourth-order valence-corrected chi connectivity index (χ4v) is 4.36. The van der Waals surface area contributed by atoms with E-state index in [-0.39, 0.29) is 19.1 Å². The van der Waals surface area contributed by atoms with Gasteiger partial charge in [-0.3, -0.25) is 9.35 Å². The van der Waals surface area contributed by atoms with Crippen LogP contribution in [0.4, 0.5) is 15.9 Å². The van der Waals surface area contributed by atoms with E-state index in [0.29, 0.717) is 36.6 Å². The number of nitrogens with two attached hydrogens (primary N) is 1. The third-order valence-electron chi connectivity index (χ3n) is 5.55. The van der Waals surface area contributed by atoms with Crippen LogP contribution in [0, 0.1) is 5.82 Å². The van der Waals surface area contributed by atoms with Crippen molar-refractivity contribution >= 4 is 60.2 Å². The van der Waals surface area contributed by atoms with Crippen LogP contribution in [0.1, 0.15) is 21.3 Å². The minimum Gasteiger partial charge on any atom is -0.454 e. The summed E-state index contributed by atoms with van der Waals surface area (Å²) in [5.74, 6) is 0.402. The quantitative estimate of drug-likeness (QED) is 0.179. The molecule has 5 rings (SSSR count). The lowest BCUT2D eigenvalue weighted by atomic mass is 10.1. The zero-order valence-corrected chi connectivity index (χ0v) is 24.0. The number of hydrogen-bond donors (Lipinski definition) is 4. The van der Waals surface area contributed by atoms with Gasteiger partial charge in [0, 0.05) is 31.0 Å². The van der Waals surface area contributed by atoms with Gasteiger partial charge in [0.2, 0.25) is 5.91 Å². The number of hydrogen-bond acceptors (Lipinski definition) is 10. The zero-order chi connectivity index (χ0) is 29.8. The molecule has 0 spiro atoms. The Hall–Kier alpha value is -4.18. The normalized spacial score (nSPS) is 11.4. The second-order valence-electron chi connectivity index (χ2n) is 9.54. The van der Waals surface area contributed by atoms with Crippen molar-refractivity contribution in [3.63, 3.8) is 0 Å². The van der Waals surface area contributed by atoms with Gasteiger partial charge in [-0.05, 0) is 55.7 Å². The number of fused-ring (bicyclic) bond motifs is 2. The summed E-state index contributed by atoms with van der Waals surface area (Å²) in [5.41, 5.74) is 6.83. The van der Waals surface area contributed by atoms with Gasteiger partial charge < -0.3 is 25.7 Å². The van der Waals surface area contributed by atoms with Crippen LogP contribution in [0.25, 0.3) is 21.1 Å². The van der Waals surface area contributed by atoms with Crippen LogP contribution < -0.4 is 21.1 Å². The van der Waals surface area contributed by atoms with Gasteiger partial charge in [0.15, 0.2) is 17.4 Å². The van der Waals surface area contributed by atoms with Crippen molar-refractivity contribution in [3.05, 3.63) is 67.0 Å². The highest BCUT2D eigenvalue weighted by atomic mass is 32.2. The predicted octanol–water partition coefficient (Wildman–Crippen LogP) is 4.71. The molecule has 0 bridgehead atoms. The molecule has 3 aromatic heterocycles. The Kier molecular flexibility index (Phi) is 10.2. The fourth-order valence-electron chi connectivity index (χ4n) is 3.70.